The maximum absolute atomic E-state index is 14.0. The molecule has 3 aromatic carbocycles. The molecule has 214 valence electrons. The van der Waals surface area contributed by atoms with Crippen LogP contribution < -0.4 is 32.6 Å². The molecule has 4 aromatic rings. The van der Waals surface area contributed by atoms with Crippen molar-refractivity contribution in [1.29, 1.82) is 0 Å². The van der Waals surface area contributed by atoms with Gasteiger partial charge in [-0.2, -0.15) is 0 Å². The van der Waals surface area contributed by atoms with Crippen LogP contribution in [0.1, 0.15) is 51.7 Å². The number of carbonyl (C=O) groups excluding carboxylic acids is 3. The number of Topliss-reactive ketones (excluding diaryl/α,β-unsaturated/α-hetero) is 1. The summed E-state index contributed by atoms with van der Waals surface area (Å²) in [4.78, 5) is 39.7. The molecule has 0 aliphatic heterocycles. The van der Waals surface area contributed by atoms with Crippen molar-refractivity contribution in [2.24, 2.45) is 11.5 Å². The summed E-state index contributed by atoms with van der Waals surface area (Å²) < 4.78 is 6.58. The number of nitrogens with one attached hydrogen (secondary N) is 2. The van der Waals surface area contributed by atoms with E-state index in [0.717, 1.165) is 6.42 Å². The number of nitrogens with two attached hydrogens (primary N) is 3. The van der Waals surface area contributed by atoms with E-state index in [1.807, 2.05) is 30.3 Å². The zero-order valence-corrected chi connectivity index (χ0v) is 23.6. The summed E-state index contributed by atoms with van der Waals surface area (Å²) in [6, 6.07) is 18.6. The number of hydrogen-bond donors (Lipinski definition) is 5. The van der Waals surface area contributed by atoms with Crippen LogP contribution in [0, 0.1) is 0 Å². The quantitative estimate of drug-likeness (QED) is 0.163. The number of ether oxygens (including phenoxy) is 1. The minimum absolute atomic E-state index is 0.0463. The third-order valence-electron chi connectivity index (χ3n) is 8.11. The second-order valence-corrected chi connectivity index (χ2v) is 11.8. The standard InChI is InChI=1S/C32H31N5O4S/c1-2-24(38)36-18-10-11-19(16-18)37-31(40)29-26-25-22(14-15-23(33)28(25)42-29)32(35,30(39)27(26)34)17-8-12-21(13-9-17)41-20-6-4-3-5-7-20/h2-9,12-15,18-19,27H,1,10-11,16,33-35H2,(H,36,38)(H,37,40)/t18-,19+,27?,32?/m1/s1. The summed E-state index contributed by atoms with van der Waals surface area (Å²) in [5.74, 6) is 0.298. The third-order valence-corrected chi connectivity index (χ3v) is 9.36. The van der Waals surface area contributed by atoms with Gasteiger partial charge in [0, 0.05) is 28.7 Å². The van der Waals surface area contributed by atoms with Crippen LogP contribution in [-0.4, -0.2) is 29.7 Å². The van der Waals surface area contributed by atoms with Crippen molar-refractivity contribution in [3.05, 3.63) is 101 Å². The molecule has 2 unspecified atom stereocenters. The van der Waals surface area contributed by atoms with Crippen LogP contribution in [0.2, 0.25) is 0 Å². The monoisotopic (exact) mass is 581 g/mol. The van der Waals surface area contributed by atoms with Crippen molar-refractivity contribution < 1.29 is 19.1 Å². The Labute approximate surface area is 246 Å². The molecule has 8 N–H and O–H groups in total. The van der Waals surface area contributed by atoms with E-state index >= 15 is 0 Å². The van der Waals surface area contributed by atoms with Crippen molar-refractivity contribution >= 4 is 44.7 Å². The Kier molecular flexibility index (Phi) is 7.05. The van der Waals surface area contributed by atoms with Crippen LogP contribution >= 0.6 is 11.3 Å². The minimum atomic E-state index is -1.56. The Hall–Kier alpha value is -4.51. The van der Waals surface area contributed by atoms with Gasteiger partial charge in [0.25, 0.3) is 5.91 Å². The molecule has 9 nitrogen and oxygen atoms in total. The van der Waals surface area contributed by atoms with Crippen LogP contribution in [0.25, 0.3) is 10.1 Å². The predicted molar refractivity (Wildman–Crippen MR) is 163 cm³/mol. The van der Waals surface area contributed by atoms with Gasteiger partial charge in [0.15, 0.2) is 5.78 Å². The lowest BCUT2D eigenvalue weighted by molar-refractivity contribution is -0.124. The van der Waals surface area contributed by atoms with Gasteiger partial charge in [-0.3, -0.25) is 14.4 Å². The Morgan fingerprint density at radius 1 is 0.976 bits per heavy atom. The molecule has 0 radical (unpaired) electrons. The van der Waals surface area contributed by atoms with Gasteiger partial charge in [-0.25, -0.2) is 0 Å². The average Bonchev–Trinajstić information content (AvgIpc) is 3.61. The average molecular weight is 582 g/mol. The SMILES string of the molecule is C=CC(=O)N[C@@H]1CC[C@H](NC(=O)c2sc3c(N)ccc4c3c2C(N)C(=O)C4(N)c2ccc(Oc3ccccc3)cc2)C1. The highest BCUT2D eigenvalue weighted by molar-refractivity contribution is 7.21. The molecule has 2 amide bonds. The second kappa shape index (κ2) is 10.7. The van der Waals surface area contributed by atoms with Crippen molar-refractivity contribution in [1.82, 2.24) is 10.6 Å². The van der Waals surface area contributed by atoms with Gasteiger partial charge >= 0.3 is 0 Å². The lowest BCUT2D eigenvalue weighted by Crippen LogP contribution is -2.52. The molecular formula is C32H31N5O4S. The van der Waals surface area contributed by atoms with E-state index in [-0.39, 0.29) is 23.9 Å². The zero-order valence-electron chi connectivity index (χ0n) is 22.8. The fourth-order valence-electron chi connectivity index (χ4n) is 6.01. The van der Waals surface area contributed by atoms with Crippen LogP contribution in [0.5, 0.6) is 11.5 Å². The first-order chi connectivity index (χ1) is 20.2. The first-order valence-corrected chi connectivity index (χ1v) is 14.5. The summed E-state index contributed by atoms with van der Waals surface area (Å²) in [5.41, 5.74) is 20.4. The van der Waals surface area contributed by atoms with E-state index in [9.17, 15) is 14.4 Å². The summed E-state index contributed by atoms with van der Waals surface area (Å²) in [6.07, 6.45) is 3.28. The fraction of sp³-hybridized carbons (Fsp3) is 0.219. The Morgan fingerprint density at radius 2 is 1.64 bits per heavy atom. The molecule has 1 saturated carbocycles. The van der Waals surface area contributed by atoms with E-state index in [2.05, 4.69) is 17.2 Å². The summed E-state index contributed by atoms with van der Waals surface area (Å²) >= 11 is 1.21. The Morgan fingerprint density at radius 3 is 2.33 bits per heavy atom. The number of amides is 2. The molecule has 6 rings (SSSR count). The van der Waals surface area contributed by atoms with Crippen molar-refractivity contribution in [3.63, 3.8) is 0 Å². The number of thiophene rings is 1. The van der Waals surface area contributed by atoms with Gasteiger partial charge < -0.3 is 32.6 Å². The molecule has 10 heteroatoms. The molecular weight excluding hydrogens is 550 g/mol. The van der Waals surface area contributed by atoms with E-state index < -0.39 is 17.4 Å². The number of anilines is 1. The maximum Gasteiger partial charge on any atom is 0.261 e. The van der Waals surface area contributed by atoms with E-state index in [1.165, 1.54) is 17.4 Å². The number of ketones is 1. The highest BCUT2D eigenvalue weighted by atomic mass is 32.1. The van der Waals surface area contributed by atoms with E-state index in [0.29, 0.717) is 61.7 Å². The largest absolute Gasteiger partial charge is 0.457 e. The first kappa shape index (κ1) is 27.6. The third kappa shape index (κ3) is 4.63. The molecule has 2 aliphatic rings. The summed E-state index contributed by atoms with van der Waals surface area (Å²) in [7, 11) is 0. The lowest BCUT2D eigenvalue weighted by Gasteiger charge is -2.36. The molecule has 0 spiro atoms. The van der Waals surface area contributed by atoms with Gasteiger partial charge in [-0.05, 0) is 66.8 Å². The summed E-state index contributed by atoms with van der Waals surface area (Å²) in [5, 5.41) is 6.60. The minimum Gasteiger partial charge on any atom is -0.457 e. The van der Waals surface area contributed by atoms with Crippen LogP contribution in [0.4, 0.5) is 5.69 Å². The fourth-order valence-corrected chi connectivity index (χ4v) is 7.22. The zero-order chi connectivity index (χ0) is 29.6. The van der Waals surface area contributed by atoms with Gasteiger partial charge in [0.05, 0.1) is 15.6 Å². The van der Waals surface area contributed by atoms with Gasteiger partial charge in [0.2, 0.25) is 5.91 Å². The molecule has 0 bridgehead atoms. The van der Waals surface area contributed by atoms with E-state index in [1.54, 1.807) is 36.4 Å². The molecule has 42 heavy (non-hydrogen) atoms. The van der Waals surface area contributed by atoms with Crippen LogP contribution in [0.3, 0.4) is 0 Å². The second-order valence-electron chi connectivity index (χ2n) is 10.7. The summed E-state index contributed by atoms with van der Waals surface area (Å²) in [6.45, 7) is 3.49. The molecule has 1 aromatic heterocycles. The highest BCUT2D eigenvalue weighted by Gasteiger charge is 2.49. The van der Waals surface area contributed by atoms with Crippen LogP contribution in [-0.2, 0) is 15.1 Å². The number of para-hydroxylation sites is 1. The lowest BCUT2D eigenvalue weighted by atomic mass is 9.70. The van der Waals surface area contributed by atoms with Crippen molar-refractivity contribution in [2.45, 2.75) is 42.9 Å². The topological polar surface area (TPSA) is 163 Å². The van der Waals surface area contributed by atoms with Gasteiger partial charge in [-0.1, -0.05) is 43.0 Å². The van der Waals surface area contributed by atoms with Gasteiger partial charge in [-0.15, -0.1) is 11.3 Å². The number of carbonyl (C=O) groups is 3. The normalized spacial score (nSPS) is 23.0. The predicted octanol–water partition coefficient (Wildman–Crippen LogP) is 4.01. The molecule has 2 aliphatic carbocycles. The van der Waals surface area contributed by atoms with Crippen molar-refractivity contribution in [3.8, 4) is 11.5 Å². The number of benzene rings is 3. The highest BCUT2D eigenvalue weighted by Crippen LogP contribution is 2.49. The number of hydrogen-bond acceptors (Lipinski definition) is 8. The molecule has 1 fully saturated rings. The van der Waals surface area contributed by atoms with Crippen LogP contribution in [0.15, 0.2) is 79.4 Å². The van der Waals surface area contributed by atoms with Gasteiger partial charge in [0.1, 0.15) is 17.0 Å². The number of rotatable bonds is 7. The Balaban J connectivity index is 1.34. The number of nitrogen functional groups attached to an aromatic ring is 1. The first-order valence-electron chi connectivity index (χ1n) is 13.7. The Bertz CT molecular complexity index is 1720. The molecule has 4 atom stereocenters. The van der Waals surface area contributed by atoms with Crippen molar-refractivity contribution in [2.75, 3.05) is 5.73 Å². The smallest absolute Gasteiger partial charge is 0.261 e. The maximum atomic E-state index is 14.0. The molecule has 1 heterocycles. The molecule has 0 saturated heterocycles. The van der Waals surface area contributed by atoms with E-state index in [4.69, 9.17) is 21.9 Å².